The van der Waals surface area contributed by atoms with Crippen molar-refractivity contribution in [1.82, 2.24) is 19.8 Å². The van der Waals surface area contributed by atoms with Gasteiger partial charge in [0.15, 0.2) is 0 Å². The molecule has 0 radical (unpaired) electrons. The van der Waals surface area contributed by atoms with E-state index in [1.807, 2.05) is 0 Å². The van der Waals surface area contributed by atoms with Gasteiger partial charge in [0.2, 0.25) is 27.6 Å². The predicted molar refractivity (Wildman–Crippen MR) is 103 cm³/mol. The number of carbonyl (C=O) groups excluding carboxylic acids is 1. The van der Waals surface area contributed by atoms with Crippen LogP contribution < -0.4 is 5.32 Å². The van der Waals surface area contributed by atoms with Crippen molar-refractivity contribution in [2.75, 3.05) is 13.6 Å². The zero-order valence-electron chi connectivity index (χ0n) is 14.9. The lowest BCUT2D eigenvalue weighted by molar-refractivity contribution is -0.121. The topological polar surface area (TPSA) is 105 Å². The number of aromatic nitrogens is 2. The van der Waals surface area contributed by atoms with Gasteiger partial charge in [-0.2, -0.15) is 9.29 Å². The van der Waals surface area contributed by atoms with Crippen LogP contribution in [0.4, 0.5) is 0 Å². The van der Waals surface area contributed by atoms with E-state index in [-0.39, 0.29) is 23.9 Å². The molecule has 1 aromatic heterocycles. The molecule has 28 heavy (non-hydrogen) atoms. The van der Waals surface area contributed by atoms with Crippen molar-refractivity contribution >= 4 is 27.5 Å². The average Bonchev–Trinajstić information content (AvgIpc) is 3.16. The number of halogens is 1. The first-order valence-electron chi connectivity index (χ1n) is 8.23. The second-order valence-corrected chi connectivity index (χ2v) is 8.29. The van der Waals surface area contributed by atoms with Crippen LogP contribution >= 0.6 is 11.6 Å². The van der Waals surface area contributed by atoms with Gasteiger partial charge in [0, 0.05) is 12.6 Å². The summed E-state index contributed by atoms with van der Waals surface area (Å²) in [5, 5.41) is 6.87. The van der Waals surface area contributed by atoms with Gasteiger partial charge in [-0.15, -0.1) is 0 Å². The number of benzene rings is 2. The molecule has 0 spiro atoms. The van der Waals surface area contributed by atoms with Crippen molar-refractivity contribution in [2.45, 2.75) is 11.4 Å². The van der Waals surface area contributed by atoms with E-state index < -0.39 is 15.9 Å². The van der Waals surface area contributed by atoms with Crippen molar-refractivity contribution in [3.05, 3.63) is 65.5 Å². The third-order valence-corrected chi connectivity index (χ3v) is 5.98. The fourth-order valence-electron chi connectivity index (χ4n) is 2.37. The summed E-state index contributed by atoms with van der Waals surface area (Å²) in [6.45, 7) is -0.377. The second kappa shape index (κ2) is 8.51. The minimum absolute atomic E-state index is 0.0322. The molecule has 0 aliphatic heterocycles. The lowest BCUT2D eigenvalue weighted by Gasteiger charge is -2.16. The number of likely N-dealkylation sites (N-methyl/N-ethyl adjacent to an activating group) is 1. The highest BCUT2D eigenvalue weighted by Gasteiger charge is 2.22. The first-order chi connectivity index (χ1) is 13.4. The van der Waals surface area contributed by atoms with Crippen molar-refractivity contribution in [3.8, 4) is 11.4 Å². The Kier molecular flexibility index (Phi) is 6.08. The summed E-state index contributed by atoms with van der Waals surface area (Å²) in [5.74, 6) is -0.0186. The van der Waals surface area contributed by atoms with E-state index in [2.05, 4.69) is 15.5 Å². The van der Waals surface area contributed by atoms with Crippen LogP contribution in [-0.4, -0.2) is 42.4 Å². The van der Waals surface area contributed by atoms with Gasteiger partial charge >= 0.3 is 0 Å². The van der Waals surface area contributed by atoms with Crippen molar-refractivity contribution in [1.29, 1.82) is 0 Å². The highest BCUT2D eigenvalue weighted by Crippen LogP contribution is 2.24. The van der Waals surface area contributed by atoms with Crippen LogP contribution in [0.5, 0.6) is 0 Å². The van der Waals surface area contributed by atoms with Gasteiger partial charge in [0.25, 0.3) is 0 Å². The van der Waals surface area contributed by atoms with Crippen molar-refractivity contribution < 1.29 is 17.7 Å². The van der Waals surface area contributed by atoms with Crippen LogP contribution in [-0.2, 0) is 21.4 Å². The first-order valence-corrected chi connectivity index (χ1v) is 10.1. The van der Waals surface area contributed by atoms with Gasteiger partial charge in [0.1, 0.15) is 0 Å². The van der Waals surface area contributed by atoms with E-state index in [0.717, 1.165) is 4.31 Å². The van der Waals surface area contributed by atoms with Gasteiger partial charge in [-0.25, -0.2) is 8.42 Å². The number of amides is 1. The highest BCUT2D eigenvalue weighted by molar-refractivity contribution is 7.89. The summed E-state index contributed by atoms with van der Waals surface area (Å²) < 4.78 is 30.9. The van der Waals surface area contributed by atoms with E-state index in [0.29, 0.717) is 16.4 Å². The Morgan fingerprint density at radius 2 is 1.82 bits per heavy atom. The van der Waals surface area contributed by atoms with Crippen LogP contribution in [0.1, 0.15) is 5.89 Å². The smallest absolute Gasteiger partial charge is 0.246 e. The zero-order valence-corrected chi connectivity index (χ0v) is 16.4. The summed E-state index contributed by atoms with van der Waals surface area (Å²) in [4.78, 5) is 16.4. The summed E-state index contributed by atoms with van der Waals surface area (Å²) in [6, 6.07) is 14.9. The van der Waals surface area contributed by atoms with E-state index >= 15 is 0 Å². The van der Waals surface area contributed by atoms with Crippen LogP contribution in [0.3, 0.4) is 0 Å². The molecule has 1 N–H and O–H groups in total. The Morgan fingerprint density at radius 3 is 2.54 bits per heavy atom. The van der Waals surface area contributed by atoms with Crippen molar-refractivity contribution in [2.24, 2.45) is 0 Å². The molecule has 0 aliphatic rings. The monoisotopic (exact) mass is 420 g/mol. The van der Waals surface area contributed by atoms with E-state index in [1.54, 1.807) is 42.5 Å². The summed E-state index contributed by atoms with van der Waals surface area (Å²) >= 11 is 6.09. The van der Waals surface area contributed by atoms with Gasteiger partial charge in [-0.1, -0.05) is 47.1 Å². The Hall–Kier alpha value is -2.75. The first kappa shape index (κ1) is 20.0. The number of nitrogens with zero attached hydrogens (tertiary/aromatic N) is 3. The van der Waals surface area contributed by atoms with Crippen LogP contribution in [0.2, 0.25) is 5.02 Å². The molecule has 0 fully saturated rings. The number of sulfonamides is 1. The third-order valence-electron chi connectivity index (χ3n) is 3.84. The van der Waals surface area contributed by atoms with Crippen LogP contribution in [0.15, 0.2) is 64.0 Å². The molecule has 1 heterocycles. The zero-order chi connectivity index (χ0) is 20.1. The Morgan fingerprint density at radius 1 is 1.14 bits per heavy atom. The van der Waals surface area contributed by atoms with E-state index in [9.17, 15) is 13.2 Å². The lowest BCUT2D eigenvalue weighted by atomic mass is 10.2. The maximum absolute atomic E-state index is 12.4. The molecule has 0 saturated carbocycles. The standard InChI is InChI=1S/C18H17ClN4O4S/c1-23(28(25,26)13-7-3-2-4-8-13)12-16(24)20-11-17-21-18(22-27-17)14-9-5-6-10-15(14)19/h2-10H,11-12H2,1H3,(H,20,24). The fourth-order valence-corrected chi connectivity index (χ4v) is 3.74. The average molecular weight is 421 g/mol. The minimum Gasteiger partial charge on any atom is -0.346 e. The maximum atomic E-state index is 12.4. The van der Waals surface area contributed by atoms with E-state index in [4.69, 9.17) is 16.1 Å². The predicted octanol–water partition coefficient (Wildman–Crippen LogP) is 2.33. The Labute approximate surface area is 167 Å². The summed E-state index contributed by atoms with van der Waals surface area (Å²) in [6.07, 6.45) is 0. The quantitative estimate of drug-likeness (QED) is 0.628. The molecule has 0 aliphatic carbocycles. The molecular formula is C18H17ClN4O4S. The number of hydrogen-bond donors (Lipinski definition) is 1. The molecule has 8 nitrogen and oxygen atoms in total. The Bertz CT molecular complexity index is 1070. The molecule has 3 rings (SSSR count). The summed E-state index contributed by atoms with van der Waals surface area (Å²) in [5.41, 5.74) is 0.610. The van der Waals surface area contributed by atoms with Gasteiger partial charge < -0.3 is 9.84 Å². The lowest BCUT2D eigenvalue weighted by Crippen LogP contribution is -2.38. The molecule has 0 atom stereocenters. The van der Waals surface area contributed by atoms with Gasteiger partial charge in [0.05, 0.1) is 23.0 Å². The van der Waals surface area contributed by atoms with Gasteiger partial charge in [-0.3, -0.25) is 4.79 Å². The molecular weight excluding hydrogens is 404 g/mol. The van der Waals surface area contributed by atoms with Crippen LogP contribution in [0.25, 0.3) is 11.4 Å². The molecule has 0 bridgehead atoms. The van der Waals surface area contributed by atoms with E-state index in [1.165, 1.54) is 19.2 Å². The highest BCUT2D eigenvalue weighted by atomic mass is 35.5. The second-order valence-electron chi connectivity index (χ2n) is 5.84. The number of carbonyl (C=O) groups is 1. The van der Waals surface area contributed by atoms with Gasteiger partial charge in [-0.05, 0) is 24.3 Å². The van der Waals surface area contributed by atoms with Crippen LogP contribution in [0, 0.1) is 0 Å². The molecule has 3 aromatic rings. The molecule has 2 aromatic carbocycles. The Balaban J connectivity index is 1.58. The third kappa shape index (κ3) is 4.56. The van der Waals surface area contributed by atoms with Crippen molar-refractivity contribution in [3.63, 3.8) is 0 Å². The fraction of sp³-hybridized carbons (Fsp3) is 0.167. The number of rotatable bonds is 7. The molecule has 0 unspecified atom stereocenters. The SMILES string of the molecule is CN(CC(=O)NCc1nc(-c2ccccc2Cl)no1)S(=O)(=O)c1ccccc1. The normalized spacial score (nSPS) is 11.5. The minimum atomic E-state index is -3.75. The maximum Gasteiger partial charge on any atom is 0.246 e. The number of hydrogen-bond acceptors (Lipinski definition) is 6. The largest absolute Gasteiger partial charge is 0.346 e. The molecule has 1 amide bonds. The molecule has 10 heteroatoms. The molecule has 146 valence electrons. The molecule has 0 saturated heterocycles. The number of nitrogens with one attached hydrogen (secondary N) is 1. The summed E-state index contributed by atoms with van der Waals surface area (Å²) in [7, 11) is -2.41.